The number of hydrogen-bond donors (Lipinski definition) is 1. The van der Waals surface area contributed by atoms with E-state index in [0.717, 1.165) is 12.3 Å². The summed E-state index contributed by atoms with van der Waals surface area (Å²) in [5.74, 6) is 0.783. The van der Waals surface area contributed by atoms with Crippen LogP contribution in [-0.2, 0) is 0 Å². The van der Waals surface area contributed by atoms with E-state index in [9.17, 15) is 0 Å². The summed E-state index contributed by atoms with van der Waals surface area (Å²) in [6, 6.07) is 6.64. The topological polar surface area (TPSA) is 26.0 Å². The normalized spacial score (nSPS) is 13.1. The quantitative estimate of drug-likeness (QED) is 0.791. The van der Waals surface area contributed by atoms with E-state index in [1.807, 2.05) is 0 Å². The van der Waals surface area contributed by atoms with Crippen molar-refractivity contribution in [3.05, 3.63) is 34.9 Å². The third-order valence-electron chi connectivity index (χ3n) is 3.34. The standard InChI is InChI=1S/C15H25N/c1-11(2)7-5-10-15(16)14-9-6-8-12(3)13(14)4/h6,8-9,11,15H,5,7,10,16H2,1-4H3. The molecule has 0 aromatic heterocycles. The van der Waals surface area contributed by atoms with E-state index in [-0.39, 0.29) is 6.04 Å². The van der Waals surface area contributed by atoms with Gasteiger partial charge in [0.25, 0.3) is 0 Å². The van der Waals surface area contributed by atoms with Crippen LogP contribution in [0.5, 0.6) is 0 Å². The minimum atomic E-state index is 0.207. The van der Waals surface area contributed by atoms with Gasteiger partial charge < -0.3 is 5.73 Å². The lowest BCUT2D eigenvalue weighted by Gasteiger charge is -2.16. The average molecular weight is 219 g/mol. The lowest BCUT2D eigenvalue weighted by molar-refractivity contribution is 0.505. The summed E-state index contributed by atoms with van der Waals surface area (Å²) < 4.78 is 0. The van der Waals surface area contributed by atoms with Gasteiger partial charge in [-0.3, -0.25) is 0 Å². The maximum Gasteiger partial charge on any atom is 0.0297 e. The molecule has 1 heteroatoms. The Kier molecular flexibility index (Phi) is 5.01. The summed E-state index contributed by atoms with van der Waals surface area (Å²) in [6.07, 6.45) is 3.60. The minimum Gasteiger partial charge on any atom is -0.324 e. The first-order chi connectivity index (χ1) is 7.52. The van der Waals surface area contributed by atoms with Crippen molar-refractivity contribution in [3.8, 4) is 0 Å². The smallest absolute Gasteiger partial charge is 0.0297 e. The molecule has 1 aromatic rings. The van der Waals surface area contributed by atoms with Crippen LogP contribution in [0.1, 0.15) is 55.8 Å². The number of nitrogens with two attached hydrogens (primary N) is 1. The van der Waals surface area contributed by atoms with Gasteiger partial charge in [-0.25, -0.2) is 0 Å². The molecule has 0 radical (unpaired) electrons. The Balaban J connectivity index is 2.59. The van der Waals surface area contributed by atoms with Crippen LogP contribution in [0.15, 0.2) is 18.2 Å². The largest absolute Gasteiger partial charge is 0.324 e. The van der Waals surface area contributed by atoms with Gasteiger partial charge in [0.05, 0.1) is 0 Å². The van der Waals surface area contributed by atoms with Gasteiger partial charge in [-0.1, -0.05) is 44.9 Å². The summed E-state index contributed by atoms with van der Waals surface area (Å²) >= 11 is 0. The van der Waals surface area contributed by atoms with E-state index in [1.165, 1.54) is 29.5 Å². The Hall–Kier alpha value is -0.820. The van der Waals surface area contributed by atoms with Gasteiger partial charge in [0, 0.05) is 6.04 Å². The lowest BCUT2D eigenvalue weighted by Crippen LogP contribution is -2.12. The van der Waals surface area contributed by atoms with Crippen LogP contribution in [0.3, 0.4) is 0 Å². The Morgan fingerprint density at radius 3 is 2.44 bits per heavy atom. The summed E-state index contributed by atoms with van der Waals surface area (Å²) in [6.45, 7) is 8.86. The van der Waals surface area contributed by atoms with E-state index < -0.39 is 0 Å². The molecule has 0 bridgehead atoms. The fourth-order valence-electron chi connectivity index (χ4n) is 2.08. The Labute approximate surface area is 100 Å². The highest BCUT2D eigenvalue weighted by atomic mass is 14.6. The average Bonchev–Trinajstić information content (AvgIpc) is 2.21. The lowest BCUT2D eigenvalue weighted by atomic mass is 9.94. The molecule has 0 aliphatic heterocycles. The molecule has 0 aliphatic rings. The monoisotopic (exact) mass is 219 g/mol. The first-order valence-electron chi connectivity index (χ1n) is 6.34. The van der Waals surface area contributed by atoms with Crippen molar-refractivity contribution in [1.82, 2.24) is 0 Å². The molecule has 0 amide bonds. The van der Waals surface area contributed by atoms with Crippen molar-refractivity contribution in [1.29, 1.82) is 0 Å². The number of rotatable bonds is 5. The third kappa shape index (κ3) is 3.64. The van der Waals surface area contributed by atoms with Gasteiger partial charge >= 0.3 is 0 Å². The second kappa shape index (κ2) is 6.05. The van der Waals surface area contributed by atoms with Gasteiger partial charge in [-0.05, 0) is 42.9 Å². The second-order valence-electron chi connectivity index (χ2n) is 5.22. The second-order valence-corrected chi connectivity index (χ2v) is 5.22. The van der Waals surface area contributed by atoms with Crippen LogP contribution in [0.25, 0.3) is 0 Å². The van der Waals surface area contributed by atoms with Gasteiger partial charge in [-0.2, -0.15) is 0 Å². The van der Waals surface area contributed by atoms with Crippen LogP contribution in [-0.4, -0.2) is 0 Å². The van der Waals surface area contributed by atoms with Crippen molar-refractivity contribution < 1.29 is 0 Å². The van der Waals surface area contributed by atoms with Crippen molar-refractivity contribution in [2.24, 2.45) is 11.7 Å². The fourth-order valence-corrected chi connectivity index (χ4v) is 2.08. The van der Waals surface area contributed by atoms with Crippen LogP contribution in [0.2, 0.25) is 0 Å². The van der Waals surface area contributed by atoms with E-state index in [1.54, 1.807) is 0 Å². The first-order valence-corrected chi connectivity index (χ1v) is 6.34. The predicted molar refractivity (Wildman–Crippen MR) is 71.5 cm³/mol. The molecule has 2 N–H and O–H groups in total. The highest BCUT2D eigenvalue weighted by Crippen LogP contribution is 2.23. The van der Waals surface area contributed by atoms with Gasteiger partial charge in [0.2, 0.25) is 0 Å². The summed E-state index contributed by atoms with van der Waals surface area (Å²) in [4.78, 5) is 0. The van der Waals surface area contributed by atoms with Crippen LogP contribution >= 0.6 is 0 Å². The first kappa shape index (κ1) is 13.2. The van der Waals surface area contributed by atoms with Crippen molar-refractivity contribution in [3.63, 3.8) is 0 Å². The number of hydrogen-bond acceptors (Lipinski definition) is 1. The zero-order valence-corrected chi connectivity index (χ0v) is 11.1. The maximum absolute atomic E-state index is 6.25. The van der Waals surface area contributed by atoms with E-state index in [4.69, 9.17) is 5.73 Å². The van der Waals surface area contributed by atoms with Crippen LogP contribution in [0, 0.1) is 19.8 Å². The molecule has 0 saturated carbocycles. The Bertz CT molecular complexity index is 328. The molecule has 0 aliphatic carbocycles. The molecule has 0 spiro atoms. The molecular weight excluding hydrogens is 194 g/mol. The molecule has 1 unspecified atom stereocenters. The summed E-state index contributed by atoms with van der Waals surface area (Å²) in [5.41, 5.74) is 10.3. The van der Waals surface area contributed by atoms with E-state index in [0.29, 0.717) is 0 Å². The predicted octanol–water partition coefficient (Wildman–Crippen LogP) is 4.13. The van der Waals surface area contributed by atoms with Gasteiger partial charge in [0.1, 0.15) is 0 Å². The fraction of sp³-hybridized carbons (Fsp3) is 0.600. The summed E-state index contributed by atoms with van der Waals surface area (Å²) in [5, 5.41) is 0. The Morgan fingerprint density at radius 2 is 1.81 bits per heavy atom. The van der Waals surface area contributed by atoms with Gasteiger partial charge in [-0.15, -0.1) is 0 Å². The number of aryl methyl sites for hydroxylation is 1. The van der Waals surface area contributed by atoms with E-state index in [2.05, 4.69) is 45.9 Å². The Morgan fingerprint density at radius 1 is 1.12 bits per heavy atom. The van der Waals surface area contributed by atoms with Crippen molar-refractivity contribution in [2.75, 3.05) is 0 Å². The van der Waals surface area contributed by atoms with Gasteiger partial charge in [0.15, 0.2) is 0 Å². The molecule has 16 heavy (non-hydrogen) atoms. The maximum atomic E-state index is 6.25. The van der Waals surface area contributed by atoms with Crippen molar-refractivity contribution in [2.45, 2.75) is 53.0 Å². The zero-order chi connectivity index (χ0) is 12.1. The molecule has 1 aromatic carbocycles. The third-order valence-corrected chi connectivity index (χ3v) is 3.34. The SMILES string of the molecule is Cc1cccc(C(N)CCCC(C)C)c1C. The molecular formula is C15H25N. The molecule has 0 fully saturated rings. The van der Waals surface area contributed by atoms with Crippen LogP contribution in [0.4, 0.5) is 0 Å². The highest BCUT2D eigenvalue weighted by Gasteiger charge is 2.09. The zero-order valence-electron chi connectivity index (χ0n) is 11.1. The van der Waals surface area contributed by atoms with Crippen LogP contribution < -0.4 is 5.73 Å². The molecule has 1 rings (SSSR count). The van der Waals surface area contributed by atoms with Crippen molar-refractivity contribution >= 4 is 0 Å². The van der Waals surface area contributed by atoms with E-state index >= 15 is 0 Å². The molecule has 90 valence electrons. The highest BCUT2D eigenvalue weighted by molar-refractivity contribution is 5.35. The molecule has 1 nitrogen and oxygen atoms in total. The minimum absolute atomic E-state index is 0.207. The molecule has 0 saturated heterocycles. The molecule has 0 heterocycles. The molecule has 1 atom stereocenters. The number of benzene rings is 1. The summed E-state index contributed by atoms with van der Waals surface area (Å²) in [7, 11) is 0.